The van der Waals surface area contributed by atoms with Gasteiger partial charge in [-0.1, -0.05) is 23.7 Å². The molecule has 0 aliphatic carbocycles. The van der Waals surface area contributed by atoms with Gasteiger partial charge in [0.1, 0.15) is 0 Å². The number of halogens is 1. The Morgan fingerprint density at radius 2 is 1.62 bits per heavy atom. The molecule has 0 fully saturated rings. The molecular formula is C8H6ClN2NaO3S. The first-order chi connectivity index (χ1) is 6.98. The third kappa shape index (κ3) is 2.71. The van der Waals surface area contributed by atoms with E-state index in [9.17, 15) is 8.42 Å². The van der Waals surface area contributed by atoms with E-state index in [0.717, 1.165) is 0 Å². The number of hydrogen-bond acceptors (Lipinski definition) is 4. The molecule has 0 amide bonds. The van der Waals surface area contributed by atoms with Gasteiger partial charge in [0.05, 0.1) is 11.0 Å². The Labute approximate surface area is 119 Å². The number of benzene rings is 1. The number of rotatable bonds is 1. The van der Waals surface area contributed by atoms with Crippen LogP contribution in [0.1, 0.15) is 0 Å². The van der Waals surface area contributed by atoms with Gasteiger partial charge in [0, 0.05) is 0 Å². The van der Waals surface area contributed by atoms with Gasteiger partial charge in [-0.05, 0) is 12.1 Å². The van der Waals surface area contributed by atoms with Gasteiger partial charge in [0.25, 0.3) is 0 Å². The molecule has 0 spiro atoms. The number of para-hydroxylation sites is 2. The van der Waals surface area contributed by atoms with Crippen molar-refractivity contribution in [1.29, 1.82) is 0 Å². The first-order valence-electron chi connectivity index (χ1n) is 3.88. The molecule has 1 aromatic carbocycles. The molecule has 2 aromatic rings. The van der Waals surface area contributed by atoms with E-state index >= 15 is 0 Å². The molecule has 0 radical (unpaired) electrons. The number of fused-ring (bicyclic) bond motifs is 1. The summed E-state index contributed by atoms with van der Waals surface area (Å²) in [6.07, 6.45) is 0. The summed E-state index contributed by atoms with van der Waals surface area (Å²) in [7, 11) is -4.43. The van der Waals surface area contributed by atoms with Crippen molar-refractivity contribution in [1.82, 2.24) is 9.97 Å². The van der Waals surface area contributed by atoms with Crippen LogP contribution in [0.15, 0.2) is 29.3 Å². The van der Waals surface area contributed by atoms with E-state index in [1.807, 2.05) is 0 Å². The van der Waals surface area contributed by atoms with Crippen LogP contribution in [-0.4, -0.2) is 52.5 Å². The van der Waals surface area contributed by atoms with E-state index in [4.69, 9.17) is 16.2 Å². The standard InChI is InChI=1S/C8H5ClN2O3S.Na.H/c9-7-8(15(12,13)14)11-6-4-2-1-3-5(6)10-7;;/h1-4H,(H,12,13,14);;. The number of hydrogen-bond donors (Lipinski definition) is 1. The van der Waals surface area contributed by atoms with E-state index in [1.54, 1.807) is 24.3 Å². The van der Waals surface area contributed by atoms with Crippen LogP contribution in [-0.2, 0) is 10.1 Å². The Bertz CT molecular complexity index is 632. The van der Waals surface area contributed by atoms with Gasteiger partial charge >= 0.3 is 39.7 Å². The normalized spacial score (nSPS) is 11.1. The fraction of sp³-hybridized carbons (Fsp3) is 0. The average Bonchev–Trinajstić information content (AvgIpc) is 2.15. The summed E-state index contributed by atoms with van der Waals surface area (Å²) in [6.45, 7) is 0. The average molecular weight is 269 g/mol. The molecule has 0 aliphatic heterocycles. The van der Waals surface area contributed by atoms with Gasteiger partial charge in [-0.25, -0.2) is 9.97 Å². The molecule has 0 saturated heterocycles. The van der Waals surface area contributed by atoms with Gasteiger partial charge in [0.15, 0.2) is 5.15 Å². The molecule has 1 aromatic heterocycles. The van der Waals surface area contributed by atoms with Crippen LogP contribution in [0.4, 0.5) is 0 Å². The second kappa shape index (κ2) is 4.95. The molecule has 80 valence electrons. The number of nitrogens with zero attached hydrogens (tertiary/aromatic N) is 2. The van der Waals surface area contributed by atoms with Gasteiger partial charge in [-0.3, -0.25) is 4.55 Å². The quantitative estimate of drug-likeness (QED) is 0.613. The zero-order chi connectivity index (χ0) is 11.1. The predicted molar refractivity (Wildman–Crippen MR) is 61.5 cm³/mol. The Kier molecular flexibility index (Phi) is 4.28. The van der Waals surface area contributed by atoms with Crippen LogP contribution in [0, 0.1) is 0 Å². The minimum atomic E-state index is -4.43. The molecule has 0 saturated carbocycles. The Hall–Kier alpha value is -0.240. The molecule has 16 heavy (non-hydrogen) atoms. The SMILES string of the molecule is O=S(=O)(O)c1nc2ccccc2nc1Cl.[NaH]. The van der Waals surface area contributed by atoms with Crippen LogP contribution < -0.4 is 0 Å². The summed E-state index contributed by atoms with van der Waals surface area (Å²) in [4.78, 5) is 7.52. The van der Waals surface area contributed by atoms with Crippen LogP contribution in [0.25, 0.3) is 11.0 Å². The summed E-state index contributed by atoms with van der Waals surface area (Å²) in [5, 5.41) is -0.959. The van der Waals surface area contributed by atoms with Gasteiger partial charge in [0.2, 0.25) is 5.03 Å². The fourth-order valence-electron chi connectivity index (χ4n) is 1.13. The topological polar surface area (TPSA) is 80.2 Å². The molecule has 0 aliphatic rings. The van der Waals surface area contributed by atoms with Crippen molar-refractivity contribution in [2.45, 2.75) is 5.03 Å². The van der Waals surface area contributed by atoms with Crippen LogP contribution in [0.3, 0.4) is 0 Å². The van der Waals surface area contributed by atoms with Crippen molar-refractivity contribution < 1.29 is 13.0 Å². The summed E-state index contributed by atoms with van der Waals surface area (Å²) < 4.78 is 30.5. The van der Waals surface area contributed by atoms with E-state index in [1.165, 1.54) is 0 Å². The van der Waals surface area contributed by atoms with Crippen LogP contribution in [0.5, 0.6) is 0 Å². The van der Waals surface area contributed by atoms with E-state index in [0.29, 0.717) is 11.0 Å². The van der Waals surface area contributed by atoms with Crippen molar-refractivity contribution >= 4 is 62.3 Å². The molecule has 5 nitrogen and oxygen atoms in total. The maximum atomic E-state index is 10.9. The Balaban J connectivity index is 0.00000128. The fourth-order valence-corrected chi connectivity index (χ4v) is 2.02. The van der Waals surface area contributed by atoms with Gasteiger partial charge in [-0.15, -0.1) is 0 Å². The monoisotopic (exact) mass is 268 g/mol. The summed E-state index contributed by atoms with van der Waals surface area (Å²) in [5.74, 6) is 0. The summed E-state index contributed by atoms with van der Waals surface area (Å²) in [5.41, 5.74) is 0.824. The molecule has 1 heterocycles. The van der Waals surface area contributed by atoms with Gasteiger partial charge in [-0.2, -0.15) is 8.42 Å². The van der Waals surface area contributed by atoms with Crippen LogP contribution >= 0.6 is 11.6 Å². The second-order valence-electron chi connectivity index (χ2n) is 2.78. The number of aromatic nitrogens is 2. The van der Waals surface area contributed by atoms with Crippen molar-refractivity contribution in [2.75, 3.05) is 0 Å². The second-order valence-corrected chi connectivity index (χ2v) is 4.48. The molecule has 8 heteroatoms. The molecular weight excluding hydrogens is 263 g/mol. The van der Waals surface area contributed by atoms with Crippen molar-refractivity contribution in [3.05, 3.63) is 29.4 Å². The molecule has 0 bridgehead atoms. The third-order valence-corrected chi connectivity index (χ3v) is 2.89. The molecule has 1 N–H and O–H groups in total. The van der Waals surface area contributed by atoms with E-state index in [2.05, 4.69) is 9.97 Å². The molecule has 2 rings (SSSR count). The zero-order valence-electron chi connectivity index (χ0n) is 7.25. The first-order valence-corrected chi connectivity index (χ1v) is 5.70. The van der Waals surface area contributed by atoms with Crippen LogP contribution in [0.2, 0.25) is 5.15 Å². The van der Waals surface area contributed by atoms with Crippen molar-refractivity contribution in [3.8, 4) is 0 Å². The van der Waals surface area contributed by atoms with Gasteiger partial charge < -0.3 is 0 Å². The summed E-state index contributed by atoms with van der Waals surface area (Å²) >= 11 is 5.58. The maximum absolute atomic E-state index is 10.9. The van der Waals surface area contributed by atoms with E-state index < -0.39 is 15.1 Å². The predicted octanol–water partition coefficient (Wildman–Crippen LogP) is 0.881. The summed E-state index contributed by atoms with van der Waals surface area (Å²) in [6, 6.07) is 6.62. The third-order valence-electron chi connectivity index (χ3n) is 1.74. The minimum absolute atomic E-state index is 0. The van der Waals surface area contributed by atoms with E-state index in [-0.39, 0.29) is 34.7 Å². The molecule has 0 atom stereocenters. The molecule has 0 unspecified atom stereocenters. The Morgan fingerprint density at radius 1 is 1.12 bits per heavy atom. The van der Waals surface area contributed by atoms with Crippen molar-refractivity contribution in [2.24, 2.45) is 0 Å². The Morgan fingerprint density at radius 3 is 2.12 bits per heavy atom. The van der Waals surface area contributed by atoms with Crippen molar-refractivity contribution in [3.63, 3.8) is 0 Å². The zero-order valence-corrected chi connectivity index (χ0v) is 8.83. The first kappa shape index (κ1) is 13.8.